The molecule has 19 heavy (non-hydrogen) atoms. The van der Waals surface area contributed by atoms with Crippen LogP contribution in [0.25, 0.3) is 0 Å². The lowest BCUT2D eigenvalue weighted by atomic mass is 10.1. The molecule has 0 radical (unpaired) electrons. The van der Waals surface area contributed by atoms with E-state index in [1.165, 1.54) is 0 Å². The lowest BCUT2D eigenvalue weighted by Gasteiger charge is -2.07. The zero-order chi connectivity index (χ0) is 13.8. The summed E-state index contributed by atoms with van der Waals surface area (Å²) in [6.07, 6.45) is 0.477. The third kappa shape index (κ3) is 3.09. The molecule has 0 bridgehead atoms. The van der Waals surface area contributed by atoms with Gasteiger partial charge in [-0.15, -0.1) is 0 Å². The van der Waals surface area contributed by atoms with E-state index in [1.54, 1.807) is 32.0 Å². The van der Waals surface area contributed by atoms with Crippen LogP contribution in [0.15, 0.2) is 22.7 Å². The van der Waals surface area contributed by atoms with Gasteiger partial charge in [0.25, 0.3) is 5.91 Å². The summed E-state index contributed by atoms with van der Waals surface area (Å²) in [4.78, 5) is 16.0. The van der Waals surface area contributed by atoms with Gasteiger partial charge in [0, 0.05) is 24.1 Å². The lowest BCUT2D eigenvalue weighted by molar-refractivity contribution is 0.0952. The molecule has 2 aromatic rings. The van der Waals surface area contributed by atoms with Crippen molar-refractivity contribution >= 4 is 5.91 Å². The number of nitrogens with zero attached hydrogens (tertiary/aromatic N) is 2. The fraction of sp³-hybridized carbons (Fsp3) is 0.308. The quantitative estimate of drug-likeness (QED) is 0.867. The minimum atomic E-state index is -0.232. The van der Waals surface area contributed by atoms with Crippen LogP contribution in [0, 0.1) is 13.8 Å². The van der Waals surface area contributed by atoms with E-state index in [0.29, 0.717) is 35.8 Å². The molecule has 1 heterocycles. The Morgan fingerprint density at radius 2 is 2.21 bits per heavy atom. The maximum Gasteiger partial charge on any atom is 0.251 e. The molecule has 0 aliphatic carbocycles. The van der Waals surface area contributed by atoms with Crippen molar-refractivity contribution < 1.29 is 14.4 Å². The van der Waals surface area contributed by atoms with E-state index in [9.17, 15) is 9.90 Å². The van der Waals surface area contributed by atoms with E-state index in [0.717, 1.165) is 0 Å². The van der Waals surface area contributed by atoms with Crippen molar-refractivity contribution in [3.63, 3.8) is 0 Å². The second-order valence-corrected chi connectivity index (χ2v) is 4.19. The zero-order valence-corrected chi connectivity index (χ0v) is 10.8. The molecule has 0 aliphatic heterocycles. The molecule has 0 spiro atoms. The first kappa shape index (κ1) is 13.1. The second-order valence-electron chi connectivity index (χ2n) is 4.19. The molecule has 1 amide bonds. The summed E-state index contributed by atoms with van der Waals surface area (Å²) in [5.74, 6) is 0.945. The van der Waals surface area contributed by atoms with E-state index in [2.05, 4.69) is 15.5 Å². The van der Waals surface area contributed by atoms with Crippen molar-refractivity contribution in [1.29, 1.82) is 0 Å². The van der Waals surface area contributed by atoms with Gasteiger partial charge in [0.15, 0.2) is 5.82 Å². The number of aryl methyl sites for hydroxylation is 1. The molecule has 6 heteroatoms. The normalized spacial score (nSPS) is 10.4. The summed E-state index contributed by atoms with van der Waals surface area (Å²) in [5.41, 5.74) is 1.02. The topological polar surface area (TPSA) is 88.2 Å². The van der Waals surface area contributed by atoms with Crippen LogP contribution in [0.1, 0.15) is 27.6 Å². The maximum absolute atomic E-state index is 11.9. The standard InChI is InChI=1S/C13H15N3O3/c1-8-10(4-3-5-11(8)17)13(18)14-7-6-12-15-9(2)16-19-12/h3-5,17H,6-7H2,1-2H3,(H,14,18). The summed E-state index contributed by atoms with van der Waals surface area (Å²) in [6.45, 7) is 3.84. The van der Waals surface area contributed by atoms with Gasteiger partial charge in [-0.1, -0.05) is 11.2 Å². The molecule has 0 atom stereocenters. The molecule has 2 N–H and O–H groups in total. The third-order valence-electron chi connectivity index (χ3n) is 2.74. The van der Waals surface area contributed by atoms with Crippen molar-refractivity contribution in [2.45, 2.75) is 20.3 Å². The van der Waals surface area contributed by atoms with Crippen molar-refractivity contribution in [3.05, 3.63) is 41.0 Å². The highest BCUT2D eigenvalue weighted by atomic mass is 16.5. The van der Waals surface area contributed by atoms with Crippen LogP contribution in [0.4, 0.5) is 0 Å². The largest absolute Gasteiger partial charge is 0.508 e. The first-order valence-corrected chi connectivity index (χ1v) is 5.94. The Morgan fingerprint density at radius 1 is 1.42 bits per heavy atom. The average Bonchev–Trinajstić information content (AvgIpc) is 2.78. The minimum Gasteiger partial charge on any atom is -0.508 e. The number of phenolic OH excluding ortho intramolecular Hbond substituents is 1. The van der Waals surface area contributed by atoms with E-state index in [-0.39, 0.29) is 11.7 Å². The van der Waals surface area contributed by atoms with Gasteiger partial charge in [0.1, 0.15) is 5.75 Å². The summed E-state index contributed by atoms with van der Waals surface area (Å²) in [6, 6.07) is 4.85. The predicted octanol–water partition coefficient (Wildman–Crippen LogP) is 1.36. The second kappa shape index (κ2) is 5.51. The maximum atomic E-state index is 11.9. The van der Waals surface area contributed by atoms with Crippen LogP contribution in [-0.4, -0.2) is 27.7 Å². The first-order valence-electron chi connectivity index (χ1n) is 5.94. The molecular formula is C13H15N3O3. The molecule has 100 valence electrons. The van der Waals surface area contributed by atoms with E-state index >= 15 is 0 Å². The van der Waals surface area contributed by atoms with Crippen molar-refractivity contribution in [2.75, 3.05) is 6.54 Å². The molecule has 6 nitrogen and oxygen atoms in total. The third-order valence-corrected chi connectivity index (χ3v) is 2.74. The number of hydrogen-bond acceptors (Lipinski definition) is 5. The van der Waals surface area contributed by atoms with Crippen LogP contribution in [0.2, 0.25) is 0 Å². The summed E-state index contributed by atoms with van der Waals surface area (Å²) in [7, 11) is 0. The SMILES string of the molecule is Cc1noc(CCNC(=O)c2cccc(O)c2C)n1. The number of phenols is 1. The number of aromatic hydroxyl groups is 1. The molecule has 0 aliphatic rings. The Hall–Kier alpha value is -2.37. The predicted molar refractivity (Wildman–Crippen MR) is 67.9 cm³/mol. The van der Waals surface area contributed by atoms with Crippen molar-refractivity contribution in [2.24, 2.45) is 0 Å². The van der Waals surface area contributed by atoms with E-state index < -0.39 is 0 Å². The summed E-state index contributed by atoms with van der Waals surface area (Å²) in [5, 5.41) is 16.0. The molecule has 0 unspecified atom stereocenters. The van der Waals surface area contributed by atoms with Gasteiger partial charge < -0.3 is 14.9 Å². The Labute approximate surface area is 110 Å². The van der Waals surface area contributed by atoms with Crippen molar-refractivity contribution in [3.8, 4) is 5.75 Å². The number of carbonyl (C=O) groups excluding carboxylic acids is 1. The van der Waals surface area contributed by atoms with Gasteiger partial charge in [-0.05, 0) is 26.0 Å². The number of carbonyl (C=O) groups is 1. The van der Waals surface area contributed by atoms with Gasteiger partial charge in [0.05, 0.1) is 0 Å². The molecule has 1 aromatic carbocycles. The van der Waals surface area contributed by atoms with Gasteiger partial charge in [-0.25, -0.2) is 0 Å². The number of benzene rings is 1. The average molecular weight is 261 g/mol. The Balaban J connectivity index is 1.93. The smallest absolute Gasteiger partial charge is 0.251 e. The number of hydrogen-bond donors (Lipinski definition) is 2. The zero-order valence-electron chi connectivity index (χ0n) is 10.8. The van der Waals surface area contributed by atoms with Crippen LogP contribution in [0.3, 0.4) is 0 Å². The summed E-state index contributed by atoms with van der Waals surface area (Å²) >= 11 is 0. The minimum absolute atomic E-state index is 0.111. The highest BCUT2D eigenvalue weighted by molar-refractivity contribution is 5.96. The van der Waals surface area contributed by atoms with Gasteiger partial charge in [0.2, 0.25) is 5.89 Å². The van der Waals surface area contributed by atoms with Crippen LogP contribution in [0.5, 0.6) is 5.75 Å². The van der Waals surface area contributed by atoms with Gasteiger partial charge >= 0.3 is 0 Å². The lowest BCUT2D eigenvalue weighted by Crippen LogP contribution is -2.26. The Morgan fingerprint density at radius 3 is 2.89 bits per heavy atom. The molecule has 0 saturated carbocycles. The summed E-state index contributed by atoms with van der Waals surface area (Å²) < 4.78 is 4.94. The fourth-order valence-electron chi connectivity index (χ4n) is 1.69. The van der Waals surface area contributed by atoms with Gasteiger partial charge in [-0.3, -0.25) is 4.79 Å². The molecule has 0 saturated heterocycles. The highest BCUT2D eigenvalue weighted by Gasteiger charge is 2.11. The molecule has 0 fully saturated rings. The number of rotatable bonds is 4. The fourth-order valence-corrected chi connectivity index (χ4v) is 1.69. The monoisotopic (exact) mass is 261 g/mol. The van der Waals surface area contributed by atoms with Crippen LogP contribution < -0.4 is 5.32 Å². The number of nitrogens with one attached hydrogen (secondary N) is 1. The Kier molecular flexibility index (Phi) is 3.79. The molecule has 1 aromatic heterocycles. The first-order chi connectivity index (χ1) is 9.08. The molecule has 2 rings (SSSR count). The Bertz CT molecular complexity index is 593. The van der Waals surface area contributed by atoms with Crippen molar-refractivity contribution in [1.82, 2.24) is 15.5 Å². The highest BCUT2D eigenvalue weighted by Crippen LogP contribution is 2.19. The van der Waals surface area contributed by atoms with Gasteiger partial charge in [-0.2, -0.15) is 4.98 Å². The van der Waals surface area contributed by atoms with Crippen LogP contribution in [-0.2, 0) is 6.42 Å². The van der Waals surface area contributed by atoms with Crippen LogP contribution >= 0.6 is 0 Å². The number of aromatic nitrogens is 2. The number of amides is 1. The molecular weight excluding hydrogens is 246 g/mol. The van der Waals surface area contributed by atoms with E-state index in [1.807, 2.05) is 0 Å². The van der Waals surface area contributed by atoms with E-state index in [4.69, 9.17) is 4.52 Å².